The van der Waals surface area contributed by atoms with Crippen LogP contribution in [0.4, 0.5) is 0 Å². The summed E-state index contributed by atoms with van der Waals surface area (Å²) in [5.41, 5.74) is 5.99. The molecule has 1 aliphatic rings. The van der Waals surface area contributed by atoms with Crippen LogP contribution in [0, 0.1) is 0 Å². The predicted molar refractivity (Wildman–Crippen MR) is 89.2 cm³/mol. The second-order valence-electron chi connectivity index (χ2n) is 5.28. The van der Waals surface area contributed by atoms with Gasteiger partial charge in [-0.3, -0.25) is 4.79 Å². The van der Waals surface area contributed by atoms with Gasteiger partial charge in [-0.1, -0.05) is 60.7 Å². The molecule has 0 fully saturated rings. The monoisotopic (exact) mass is 283 g/mol. The van der Waals surface area contributed by atoms with E-state index in [-0.39, 0.29) is 5.91 Å². The van der Waals surface area contributed by atoms with Crippen molar-refractivity contribution >= 4 is 12.1 Å². The zero-order chi connectivity index (χ0) is 14.9. The maximum absolute atomic E-state index is 11.9. The fourth-order valence-corrected chi connectivity index (χ4v) is 2.82. The Hall–Kier alpha value is -3.00. The summed E-state index contributed by atoms with van der Waals surface area (Å²) in [4.78, 5) is 15.8. The maximum atomic E-state index is 11.9. The molecule has 2 nitrogen and oxygen atoms in total. The molecule has 0 N–H and O–H groups in total. The van der Waals surface area contributed by atoms with Gasteiger partial charge in [0.05, 0.1) is 5.56 Å². The first kappa shape index (κ1) is 12.7. The fourth-order valence-electron chi connectivity index (χ4n) is 2.82. The van der Waals surface area contributed by atoms with Gasteiger partial charge in [-0.2, -0.15) is 0 Å². The molecule has 0 atom stereocenters. The van der Waals surface area contributed by atoms with E-state index in [9.17, 15) is 4.79 Å². The summed E-state index contributed by atoms with van der Waals surface area (Å²) in [5.74, 6) is -0.160. The van der Waals surface area contributed by atoms with E-state index in [2.05, 4.69) is 35.3 Å². The number of carbonyl (C=O) groups is 1. The van der Waals surface area contributed by atoms with Crippen LogP contribution in [0.25, 0.3) is 22.3 Å². The molecule has 0 radical (unpaired) electrons. The van der Waals surface area contributed by atoms with E-state index in [0.29, 0.717) is 5.56 Å². The highest BCUT2D eigenvalue weighted by Crippen LogP contribution is 2.35. The molecule has 3 aromatic carbocycles. The molecule has 1 aliphatic heterocycles. The smallest absolute Gasteiger partial charge is 0.267 e. The third-order valence-electron chi connectivity index (χ3n) is 3.91. The van der Waals surface area contributed by atoms with Crippen LogP contribution in [0.3, 0.4) is 0 Å². The standard InChI is InChI=1S/C20H13NO/c22-20-19-12-18(15-9-5-2-6-10-15)17(11-16(19)13-21-20)14-7-3-1-4-8-14/h1-13H. The SMILES string of the molecule is O=C1N=Cc2cc(-c3ccccc3)c(-c3ccccc3)cc21. The molecule has 0 aliphatic carbocycles. The van der Waals surface area contributed by atoms with Crippen molar-refractivity contribution in [1.29, 1.82) is 0 Å². The average molecular weight is 283 g/mol. The third-order valence-corrected chi connectivity index (χ3v) is 3.91. The number of hydrogen-bond acceptors (Lipinski definition) is 1. The molecule has 3 aromatic rings. The Kier molecular flexibility index (Phi) is 2.94. The Morgan fingerprint density at radius 3 is 1.77 bits per heavy atom. The van der Waals surface area contributed by atoms with Crippen LogP contribution in [0.15, 0.2) is 77.8 Å². The second kappa shape index (κ2) is 5.08. The van der Waals surface area contributed by atoms with Crippen molar-refractivity contribution in [3.05, 3.63) is 83.9 Å². The lowest BCUT2D eigenvalue weighted by molar-refractivity contribution is 0.101. The number of hydrogen-bond donors (Lipinski definition) is 0. The molecule has 22 heavy (non-hydrogen) atoms. The van der Waals surface area contributed by atoms with Crippen LogP contribution in [-0.4, -0.2) is 12.1 Å². The Morgan fingerprint density at radius 1 is 0.636 bits per heavy atom. The van der Waals surface area contributed by atoms with Crippen LogP contribution in [0.1, 0.15) is 15.9 Å². The predicted octanol–water partition coefficient (Wildman–Crippen LogP) is 4.59. The quantitative estimate of drug-likeness (QED) is 0.676. The summed E-state index contributed by atoms with van der Waals surface area (Å²) in [6.07, 6.45) is 1.65. The Balaban J connectivity index is 2.00. The van der Waals surface area contributed by atoms with Crippen LogP contribution in [0.2, 0.25) is 0 Å². The molecule has 104 valence electrons. The fraction of sp³-hybridized carbons (Fsp3) is 0. The minimum atomic E-state index is -0.160. The number of fused-ring (bicyclic) bond motifs is 1. The van der Waals surface area contributed by atoms with Crippen molar-refractivity contribution in [2.75, 3.05) is 0 Å². The minimum absolute atomic E-state index is 0.160. The van der Waals surface area contributed by atoms with Crippen molar-refractivity contribution in [3.8, 4) is 22.3 Å². The van der Waals surface area contributed by atoms with E-state index in [1.54, 1.807) is 6.21 Å². The molecule has 0 saturated carbocycles. The van der Waals surface area contributed by atoms with Gasteiger partial charge in [-0.25, -0.2) is 4.99 Å². The number of aliphatic imine (C=N–C) groups is 1. The molecule has 1 amide bonds. The van der Waals surface area contributed by atoms with Gasteiger partial charge < -0.3 is 0 Å². The summed E-state index contributed by atoms with van der Waals surface area (Å²) in [5, 5.41) is 0. The van der Waals surface area contributed by atoms with Crippen molar-refractivity contribution in [2.45, 2.75) is 0 Å². The highest BCUT2D eigenvalue weighted by atomic mass is 16.1. The van der Waals surface area contributed by atoms with Crippen LogP contribution in [-0.2, 0) is 0 Å². The molecule has 0 bridgehead atoms. The first-order valence-electron chi connectivity index (χ1n) is 7.20. The van der Waals surface area contributed by atoms with Crippen molar-refractivity contribution in [2.24, 2.45) is 4.99 Å². The van der Waals surface area contributed by atoms with Gasteiger partial charge in [-0.05, 0) is 34.4 Å². The van der Waals surface area contributed by atoms with Gasteiger partial charge >= 0.3 is 0 Å². The highest BCUT2D eigenvalue weighted by Gasteiger charge is 2.19. The van der Waals surface area contributed by atoms with Gasteiger partial charge in [0, 0.05) is 11.8 Å². The number of rotatable bonds is 2. The third kappa shape index (κ3) is 2.06. The lowest BCUT2D eigenvalue weighted by Gasteiger charge is -2.12. The van der Waals surface area contributed by atoms with E-state index in [1.165, 1.54) is 0 Å². The summed E-state index contributed by atoms with van der Waals surface area (Å²) in [6.45, 7) is 0. The average Bonchev–Trinajstić information content (AvgIpc) is 2.96. The molecule has 4 rings (SSSR count). The minimum Gasteiger partial charge on any atom is -0.267 e. The van der Waals surface area contributed by atoms with Gasteiger partial charge in [0.25, 0.3) is 5.91 Å². The topological polar surface area (TPSA) is 29.4 Å². The van der Waals surface area contributed by atoms with Crippen LogP contribution >= 0.6 is 0 Å². The van der Waals surface area contributed by atoms with E-state index in [1.807, 2.05) is 42.5 Å². The molecular formula is C20H13NO. The Labute approximate surface area is 128 Å². The van der Waals surface area contributed by atoms with Crippen molar-refractivity contribution in [1.82, 2.24) is 0 Å². The van der Waals surface area contributed by atoms with E-state index in [0.717, 1.165) is 27.8 Å². The van der Waals surface area contributed by atoms with Crippen molar-refractivity contribution in [3.63, 3.8) is 0 Å². The summed E-state index contributed by atoms with van der Waals surface area (Å²) in [7, 11) is 0. The Morgan fingerprint density at radius 2 is 1.18 bits per heavy atom. The number of amides is 1. The van der Waals surface area contributed by atoms with E-state index < -0.39 is 0 Å². The largest absolute Gasteiger partial charge is 0.277 e. The molecule has 0 saturated heterocycles. The highest BCUT2D eigenvalue weighted by molar-refractivity contribution is 6.14. The lowest BCUT2D eigenvalue weighted by Crippen LogP contribution is -1.95. The van der Waals surface area contributed by atoms with Gasteiger partial charge in [0.2, 0.25) is 0 Å². The molecule has 1 heterocycles. The zero-order valence-electron chi connectivity index (χ0n) is 11.9. The summed E-state index contributed by atoms with van der Waals surface area (Å²) in [6, 6.07) is 24.4. The van der Waals surface area contributed by atoms with Crippen molar-refractivity contribution < 1.29 is 4.79 Å². The normalized spacial score (nSPS) is 12.5. The summed E-state index contributed by atoms with van der Waals surface area (Å²) >= 11 is 0. The first-order chi connectivity index (χ1) is 10.8. The van der Waals surface area contributed by atoms with E-state index in [4.69, 9.17) is 0 Å². The second-order valence-corrected chi connectivity index (χ2v) is 5.28. The molecule has 2 heteroatoms. The van der Waals surface area contributed by atoms with Gasteiger partial charge in [-0.15, -0.1) is 0 Å². The number of carbonyl (C=O) groups excluding carboxylic acids is 1. The summed E-state index contributed by atoms with van der Waals surface area (Å²) < 4.78 is 0. The van der Waals surface area contributed by atoms with Crippen LogP contribution < -0.4 is 0 Å². The molecule has 0 aromatic heterocycles. The van der Waals surface area contributed by atoms with Gasteiger partial charge in [0.15, 0.2) is 0 Å². The maximum Gasteiger partial charge on any atom is 0.277 e. The Bertz CT molecular complexity index is 880. The molecule has 0 spiro atoms. The molecular weight excluding hydrogens is 270 g/mol. The molecule has 0 unspecified atom stereocenters. The lowest BCUT2D eigenvalue weighted by atomic mass is 9.91. The first-order valence-corrected chi connectivity index (χ1v) is 7.20. The zero-order valence-corrected chi connectivity index (χ0v) is 11.9. The van der Waals surface area contributed by atoms with E-state index >= 15 is 0 Å². The van der Waals surface area contributed by atoms with Crippen LogP contribution in [0.5, 0.6) is 0 Å². The number of nitrogens with zero attached hydrogens (tertiary/aromatic N) is 1. The number of benzene rings is 3. The van der Waals surface area contributed by atoms with Gasteiger partial charge in [0.1, 0.15) is 0 Å².